The van der Waals surface area contributed by atoms with Crippen molar-refractivity contribution in [1.82, 2.24) is 14.9 Å². The summed E-state index contributed by atoms with van der Waals surface area (Å²) in [5.74, 6) is 0. The second kappa shape index (κ2) is 8.89. The maximum Gasteiger partial charge on any atom is 0.0735 e. The van der Waals surface area contributed by atoms with Gasteiger partial charge in [0.2, 0.25) is 0 Å². The van der Waals surface area contributed by atoms with E-state index in [4.69, 9.17) is 4.74 Å². The lowest BCUT2D eigenvalue weighted by Gasteiger charge is -2.32. The van der Waals surface area contributed by atoms with Crippen LogP contribution < -0.4 is 0 Å². The van der Waals surface area contributed by atoms with Gasteiger partial charge < -0.3 is 4.74 Å². The van der Waals surface area contributed by atoms with E-state index in [1.165, 1.54) is 11.1 Å². The van der Waals surface area contributed by atoms with Gasteiger partial charge in [0.1, 0.15) is 0 Å². The van der Waals surface area contributed by atoms with Crippen LogP contribution in [0.3, 0.4) is 0 Å². The molecule has 4 nitrogen and oxygen atoms in total. The normalized spacial score (nSPS) is 15.7. The second-order valence-electron chi connectivity index (χ2n) is 7.06. The fourth-order valence-corrected chi connectivity index (χ4v) is 3.55. The van der Waals surface area contributed by atoms with E-state index in [1.807, 2.05) is 30.6 Å². The van der Waals surface area contributed by atoms with Gasteiger partial charge in [-0.05, 0) is 48.2 Å². The molecule has 4 rings (SSSR count). The highest BCUT2D eigenvalue weighted by Gasteiger charge is 2.20. The van der Waals surface area contributed by atoms with Gasteiger partial charge in [-0.15, -0.1) is 0 Å². The maximum absolute atomic E-state index is 6.07. The minimum atomic E-state index is 0.348. The Bertz CT molecular complexity index is 831. The van der Waals surface area contributed by atoms with E-state index in [9.17, 15) is 0 Å². The first-order valence-corrected chi connectivity index (χ1v) is 9.60. The van der Waals surface area contributed by atoms with Crippen molar-refractivity contribution in [2.75, 3.05) is 13.1 Å². The standard InChI is InChI=1S/C23H25N3O/c1-2-12-25-23(8-1)21-7-3-5-19(15-21)17-26-13-9-22(10-14-26)27-18-20-6-4-11-24-16-20/h1-8,11-12,15-16,22H,9-10,13-14,17-18H2. The van der Waals surface area contributed by atoms with Gasteiger partial charge in [0.15, 0.2) is 0 Å². The zero-order chi connectivity index (χ0) is 18.3. The molecule has 0 aliphatic carbocycles. The fraction of sp³-hybridized carbons (Fsp3) is 0.304. The number of hydrogen-bond donors (Lipinski definition) is 0. The average Bonchev–Trinajstić information content (AvgIpc) is 2.75. The molecule has 1 aliphatic heterocycles. The van der Waals surface area contributed by atoms with Crippen molar-refractivity contribution in [3.63, 3.8) is 0 Å². The van der Waals surface area contributed by atoms with E-state index in [1.54, 1.807) is 6.20 Å². The molecular formula is C23H25N3O. The summed E-state index contributed by atoms with van der Waals surface area (Å²) in [5.41, 5.74) is 4.70. The lowest BCUT2D eigenvalue weighted by Crippen LogP contribution is -2.36. The zero-order valence-corrected chi connectivity index (χ0v) is 15.5. The molecule has 1 fully saturated rings. The first-order valence-electron chi connectivity index (χ1n) is 9.60. The molecule has 1 aliphatic rings. The first-order chi connectivity index (χ1) is 13.4. The SMILES string of the molecule is c1ccc(-c2cccc(CN3CCC(OCc4cccnc4)CC3)c2)nc1. The Morgan fingerprint density at radius 1 is 0.926 bits per heavy atom. The minimum absolute atomic E-state index is 0.348. The Balaban J connectivity index is 1.28. The summed E-state index contributed by atoms with van der Waals surface area (Å²) in [5, 5.41) is 0. The number of nitrogens with zero attached hydrogens (tertiary/aromatic N) is 3. The van der Waals surface area contributed by atoms with Crippen molar-refractivity contribution in [3.8, 4) is 11.3 Å². The smallest absolute Gasteiger partial charge is 0.0735 e. The topological polar surface area (TPSA) is 38.2 Å². The molecule has 2 aromatic heterocycles. The number of benzene rings is 1. The molecule has 0 bridgehead atoms. The molecule has 0 atom stereocenters. The van der Waals surface area contributed by atoms with E-state index in [0.717, 1.165) is 43.7 Å². The third-order valence-corrected chi connectivity index (χ3v) is 5.04. The molecule has 27 heavy (non-hydrogen) atoms. The summed E-state index contributed by atoms with van der Waals surface area (Å²) >= 11 is 0. The van der Waals surface area contributed by atoms with Gasteiger partial charge in [-0.1, -0.05) is 30.3 Å². The molecule has 3 aromatic rings. The number of aromatic nitrogens is 2. The molecular weight excluding hydrogens is 334 g/mol. The van der Waals surface area contributed by atoms with Gasteiger partial charge in [0.25, 0.3) is 0 Å². The molecule has 0 unspecified atom stereocenters. The Labute approximate surface area is 160 Å². The van der Waals surface area contributed by atoms with Crippen LogP contribution >= 0.6 is 0 Å². The van der Waals surface area contributed by atoms with Crippen LogP contribution in [0, 0.1) is 0 Å². The molecule has 3 heterocycles. The van der Waals surface area contributed by atoms with E-state index in [2.05, 4.69) is 51.3 Å². The fourth-order valence-electron chi connectivity index (χ4n) is 3.55. The molecule has 1 saturated heterocycles. The van der Waals surface area contributed by atoms with E-state index >= 15 is 0 Å². The number of piperidine rings is 1. The summed E-state index contributed by atoms with van der Waals surface area (Å²) in [6.45, 7) is 3.79. The summed E-state index contributed by atoms with van der Waals surface area (Å²) in [4.78, 5) is 11.1. The number of likely N-dealkylation sites (tertiary alicyclic amines) is 1. The highest BCUT2D eigenvalue weighted by molar-refractivity contribution is 5.59. The summed E-state index contributed by atoms with van der Waals surface area (Å²) in [7, 11) is 0. The number of pyridine rings is 2. The van der Waals surface area contributed by atoms with E-state index < -0.39 is 0 Å². The van der Waals surface area contributed by atoms with Crippen LogP contribution in [0.5, 0.6) is 0 Å². The predicted octanol–water partition coefficient (Wildman–Crippen LogP) is 4.32. The van der Waals surface area contributed by atoms with Crippen LogP contribution in [0.4, 0.5) is 0 Å². The Morgan fingerprint density at radius 3 is 2.59 bits per heavy atom. The van der Waals surface area contributed by atoms with E-state index in [0.29, 0.717) is 12.7 Å². The zero-order valence-electron chi connectivity index (χ0n) is 15.5. The van der Waals surface area contributed by atoms with Gasteiger partial charge in [0.05, 0.1) is 18.4 Å². The molecule has 0 saturated carbocycles. The highest BCUT2D eigenvalue weighted by Crippen LogP contribution is 2.21. The number of hydrogen-bond acceptors (Lipinski definition) is 4. The van der Waals surface area contributed by atoms with Crippen molar-refractivity contribution in [1.29, 1.82) is 0 Å². The Kier molecular flexibility index (Phi) is 5.87. The molecule has 0 spiro atoms. The van der Waals surface area contributed by atoms with E-state index in [-0.39, 0.29) is 0 Å². The molecule has 0 radical (unpaired) electrons. The van der Waals surface area contributed by atoms with Crippen molar-refractivity contribution in [2.24, 2.45) is 0 Å². The Hall–Kier alpha value is -2.56. The lowest BCUT2D eigenvalue weighted by atomic mass is 10.0. The predicted molar refractivity (Wildman–Crippen MR) is 107 cm³/mol. The second-order valence-corrected chi connectivity index (χ2v) is 7.06. The monoisotopic (exact) mass is 359 g/mol. The highest BCUT2D eigenvalue weighted by atomic mass is 16.5. The summed E-state index contributed by atoms with van der Waals surface area (Å²) < 4.78 is 6.07. The largest absolute Gasteiger partial charge is 0.373 e. The van der Waals surface area contributed by atoms with Crippen LogP contribution in [-0.2, 0) is 17.9 Å². The van der Waals surface area contributed by atoms with Crippen LogP contribution in [-0.4, -0.2) is 34.1 Å². The lowest BCUT2D eigenvalue weighted by molar-refractivity contribution is -0.00403. The van der Waals surface area contributed by atoms with Gasteiger partial charge in [-0.3, -0.25) is 14.9 Å². The summed E-state index contributed by atoms with van der Waals surface area (Å²) in [6, 6.07) is 18.8. The average molecular weight is 359 g/mol. The van der Waals surface area contributed by atoms with Crippen LogP contribution in [0.25, 0.3) is 11.3 Å². The summed E-state index contributed by atoms with van der Waals surface area (Å²) in [6.07, 6.45) is 8.04. The molecule has 4 heteroatoms. The number of rotatable bonds is 6. The molecule has 0 amide bonds. The van der Waals surface area contributed by atoms with Crippen molar-refractivity contribution in [2.45, 2.75) is 32.1 Å². The number of ether oxygens (including phenoxy) is 1. The van der Waals surface area contributed by atoms with Crippen molar-refractivity contribution in [3.05, 3.63) is 84.3 Å². The third kappa shape index (κ3) is 5.00. The molecule has 138 valence electrons. The van der Waals surface area contributed by atoms with Crippen LogP contribution in [0.2, 0.25) is 0 Å². The van der Waals surface area contributed by atoms with Gasteiger partial charge in [0, 0.05) is 43.8 Å². The molecule has 0 N–H and O–H groups in total. The third-order valence-electron chi connectivity index (χ3n) is 5.04. The van der Waals surface area contributed by atoms with Crippen LogP contribution in [0.1, 0.15) is 24.0 Å². The Morgan fingerprint density at radius 2 is 1.81 bits per heavy atom. The van der Waals surface area contributed by atoms with Crippen LogP contribution in [0.15, 0.2) is 73.2 Å². The van der Waals surface area contributed by atoms with Gasteiger partial charge in [-0.25, -0.2) is 0 Å². The minimum Gasteiger partial charge on any atom is -0.373 e. The quantitative estimate of drug-likeness (QED) is 0.657. The maximum atomic E-state index is 6.07. The van der Waals surface area contributed by atoms with Gasteiger partial charge >= 0.3 is 0 Å². The van der Waals surface area contributed by atoms with Gasteiger partial charge in [-0.2, -0.15) is 0 Å². The molecule has 1 aromatic carbocycles. The van der Waals surface area contributed by atoms with Crippen molar-refractivity contribution < 1.29 is 4.74 Å². The van der Waals surface area contributed by atoms with Crippen molar-refractivity contribution >= 4 is 0 Å². The first kappa shape index (κ1) is 17.8.